The lowest BCUT2D eigenvalue weighted by atomic mass is 10.1. The van der Waals surface area contributed by atoms with Crippen LogP contribution < -0.4 is 4.74 Å². The van der Waals surface area contributed by atoms with Crippen LogP contribution in [0.25, 0.3) is 0 Å². The van der Waals surface area contributed by atoms with Crippen molar-refractivity contribution in [2.24, 2.45) is 0 Å². The first-order valence-electron chi connectivity index (χ1n) is 6.63. The summed E-state index contributed by atoms with van der Waals surface area (Å²) in [6.07, 6.45) is 0.606. The summed E-state index contributed by atoms with van der Waals surface area (Å²) in [4.78, 5) is 0. The Hall–Kier alpha value is -1.92. The molecular weight excluding hydrogens is 258 g/mol. The van der Waals surface area contributed by atoms with Crippen LogP contribution in [-0.4, -0.2) is 38.4 Å². The van der Waals surface area contributed by atoms with E-state index in [0.29, 0.717) is 25.3 Å². The molecule has 6 nitrogen and oxygen atoms in total. The molecule has 2 N–H and O–H groups in total. The minimum absolute atomic E-state index is 0.00942. The fourth-order valence-corrected chi connectivity index (χ4v) is 2.02. The summed E-state index contributed by atoms with van der Waals surface area (Å²) < 4.78 is 7.03. The molecule has 0 atom stereocenters. The van der Waals surface area contributed by atoms with Crippen LogP contribution in [0.2, 0.25) is 0 Å². The summed E-state index contributed by atoms with van der Waals surface area (Å²) in [6, 6.07) is 7.78. The molecule has 0 fully saturated rings. The van der Waals surface area contributed by atoms with Gasteiger partial charge in [-0.25, -0.2) is 4.68 Å². The monoisotopic (exact) mass is 277 g/mol. The summed E-state index contributed by atoms with van der Waals surface area (Å²) in [6.45, 7) is 2.80. The maximum atomic E-state index is 9.29. The van der Waals surface area contributed by atoms with Gasteiger partial charge in [0.1, 0.15) is 11.4 Å². The molecular formula is C14H19N3O3. The number of aliphatic hydroxyl groups is 2. The fraction of sp³-hybridized carbons (Fsp3) is 0.429. The molecule has 0 saturated carbocycles. The van der Waals surface area contributed by atoms with E-state index in [9.17, 15) is 5.11 Å². The van der Waals surface area contributed by atoms with Gasteiger partial charge < -0.3 is 14.9 Å². The molecule has 1 aromatic carbocycles. The number of benzene rings is 1. The van der Waals surface area contributed by atoms with Crippen molar-refractivity contribution >= 4 is 0 Å². The van der Waals surface area contributed by atoms with Gasteiger partial charge in [0, 0.05) is 6.42 Å². The lowest BCUT2D eigenvalue weighted by Gasteiger charge is -2.08. The largest absolute Gasteiger partial charge is 0.494 e. The van der Waals surface area contributed by atoms with E-state index in [2.05, 4.69) is 10.3 Å². The van der Waals surface area contributed by atoms with Gasteiger partial charge in [-0.2, -0.15) is 0 Å². The third kappa shape index (κ3) is 3.34. The van der Waals surface area contributed by atoms with E-state index in [1.807, 2.05) is 31.2 Å². The molecule has 0 unspecified atom stereocenters. The molecule has 0 amide bonds. The van der Waals surface area contributed by atoms with Crippen LogP contribution in [0.5, 0.6) is 5.75 Å². The fourth-order valence-electron chi connectivity index (χ4n) is 2.02. The Kier molecular flexibility index (Phi) is 5.09. The highest BCUT2D eigenvalue weighted by atomic mass is 16.5. The lowest BCUT2D eigenvalue weighted by Crippen LogP contribution is -2.09. The SMILES string of the molecule is CCOc1ccc(Cc2c(CO)nnn2CCO)cc1. The number of aromatic nitrogens is 3. The molecule has 0 radical (unpaired) electrons. The molecule has 2 aromatic rings. The Morgan fingerprint density at radius 1 is 1.20 bits per heavy atom. The average molecular weight is 277 g/mol. The first-order valence-corrected chi connectivity index (χ1v) is 6.63. The van der Waals surface area contributed by atoms with E-state index >= 15 is 0 Å². The van der Waals surface area contributed by atoms with Crippen molar-refractivity contribution in [3.05, 3.63) is 41.2 Å². The molecule has 0 spiro atoms. The van der Waals surface area contributed by atoms with Gasteiger partial charge in [0.2, 0.25) is 0 Å². The summed E-state index contributed by atoms with van der Waals surface area (Å²) in [5, 5.41) is 26.2. The summed E-state index contributed by atoms with van der Waals surface area (Å²) in [5.74, 6) is 0.834. The number of hydrogen-bond acceptors (Lipinski definition) is 5. The van der Waals surface area contributed by atoms with Crippen LogP contribution in [0.15, 0.2) is 24.3 Å². The zero-order valence-electron chi connectivity index (χ0n) is 11.5. The third-order valence-electron chi connectivity index (χ3n) is 2.99. The molecule has 1 heterocycles. The number of aliphatic hydroxyl groups excluding tert-OH is 2. The molecule has 0 aliphatic rings. The average Bonchev–Trinajstić information content (AvgIpc) is 2.84. The standard InChI is InChI=1S/C14H19N3O3/c1-2-20-12-5-3-11(4-6-12)9-14-13(10-19)15-16-17(14)7-8-18/h3-6,18-19H,2,7-10H2,1H3. The number of nitrogens with zero attached hydrogens (tertiary/aromatic N) is 3. The van der Waals surface area contributed by atoms with Gasteiger partial charge in [-0.1, -0.05) is 17.3 Å². The van der Waals surface area contributed by atoms with Crippen molar-refractivity contribution in [1.29, 1.82) is 0 Å². The van der Waals surface area contributed by atoms with Gasteiger partial charge in [0.25, 0.3) is 0 Å². The second-order valence-electron chi connectivity index (χ2n) is 4.34. The second-order valence-corrected chi connectivity index (χ2v) is 4.34. The number of rotatable bonds is 7. The van der Waals surface area contributed by atoms with Crippen molar-refractivity contribution in [1.82, 2.24) is 15.0 Å². The first-order chi connectivity index (χ1) is 9.78. The maximum absolute atomic E-state index is 9.29. The van der Waals surface area contributed by atoms with E-state index in [0.717, 1.165) is 17.0 Å². The van der Waals surface area contributed by atoms with Crippen molar-refractivity contribution in [3.63, 3.8) is 0 Å². The van der Waals surface area contributed by atoms with Crippen molar-refractivity contribution in [2.75, 3.05) is 13.2 Å². The van der Waals surface area contributed by atoms with Crippen LogP contribution in [0.1, 0.15) is 23.9 Å². The van der Waals surface area contributed by atoms with Gasteiger partial charge in [-0.15, -0.1) is 5.10 Å². The van der Waals surface area contributed by atoms with E-state index in [1.54, 1.807) is 4.68 Å². The molecule has 0 aliphatic carbocycles. The van der Waals surface area contributed by atoms with Crippen molar-refractivity contribution < 1.29 is 14.9 Å². The van der Waals surface area contributed by atoms with Crippen LogP contribution in [0.3, 0.4) is 0 Å². The van der Waals surface area contributed by atoms with Crippen LogP contribution >= 0.6 is 0 Å². The predicted octanol–water partition coefficient (Wildman–Crippen LogP) is 0.752. The molecule has 0 saturated heterocycles. The topological polar surface area (TPSA) is 80.4 Å². The molecule has 0 aliphatic heterocycles. The number of ether oxygens (including phenoxy) is 1. The summed E-state index contributed by atoms with van der Waals surface area (Å²) >= 11 is 0. The van der Waals surface area contributed by atoms with Gasteiger partial charge in [-0.3, -0.25) is 0 Å². The molecule has 1 aromatic heterocycles. The highest BCUT2D eigenvalue weighted by Crippen LogP contribution is 2.17. The van der Waals surface area contributed by atoms with Crippen LogP contribution in [0, 0.1) is 0 Å². The summed E-state index contributed by atoms with van der Waals surface area (Å²) in [5.41, 5.74) is 2.45. The Balaban J connectivity index is 2.17. The third-order valence-corrected chi connectivity index (χ3v) is 2.99. The Bertz CT molecular complexity index is 537. The molecule has 2 rings (SSSR count). The van der Waals surface area contributed by atoms with Gasteiger partial charge in [0.05, 0.1) is 32.1 Å². The van der Waals surface area contributed by atoms with Crippen molar-refractivity contribution in [3.8, 4) is 5.75 Å². The van der Waals surface area contributed by atoms with Crippen molar-refractivity contribution in [2.45, 2.75) is 26.5 Å². The number of hydrogen-bond donors (Lipinski definition) is 2. The maximum Gasteiger partial charge on any atom is 0.119 e. The minimum atomic E-state index is -0.155. The van der Waals surface area contributed by atoms with E-state index in [-0.39, 0.29) is 13.2 Å². The first kappa shape index (κ1) is 14.5. The highest BCUT2D eigenvalue weighted by molar-refractivity contribution is 5.30. The quantitative estimate of drug-likeness (QED) is 0.780. The molecule has 0 bridgehead atoms. The van der Waals surface area contributed by atoms with Gasteiger partial charge >= 0.3 is 0 Å². The molecule has 108 valence electrons. The Morgan fingerprint density at radius 3 is 2.55 bits per heavy atom. The highest BCUT2D eigenvalue weighted by Gasteiger charge is 2.12. The zero-order chi connectivity index (χ0) is 14.4. The minimum Gasteiger partial charge on any atom is -0.494 e. The van der Waals surface area contributed by atoms with Crippen LogP contribution in [0.4, 0.5) is 0 Å². The van der Waals surface area contributed by atoms with Gasteiger partial charge in [0.15, 0.2) is 0 Å². The molecule has 6 heteroatoms. The second kappa shape index (κ2) is 7.02. The Morgan fingerprint density at radius 2 is 1.95 bits per heavy atom. The predicted molar refractivity (Wildman–Crippen MR) is 73.4 cm³/mol. The normalized spacial score (nSPS) is 10.8. The van der Waals surface area contributed by atoms with E-state index in [4.69, 9.17) is 9.84 Å². The van der Waals surface area contributed by atoms with E-state index in [1.165, 1.54) is 0 Å². The zero-order valence-corrected chi connectivity index (χ0v) is 11.5. The Labute approximate surface area is 117 Å². The van der Waals surface area contributed by atoms with Gasteiger partial charge in [-0.05, 0) is 24.6 Å². The summed E-state index contributed by atoms with van der Waals surface area (Å²) in [7, 11) is 0. The molecule has 20 heavy (non-hydrogen) atoms. The van der Waals surface area contributed by atoms with Crippen LogP contribution in [-0.2, 0) is 19.6 Å². The van der Waals surface area contributed by atoms with E-state index < -0.39 is 0 Å². The smallest absolute Gasteiger partial charge is 0.119 e. The lowest BCUT2D eigenvalue weighted by molar-refractivity contribution is 0.265.